The van der Waals surface area contributed by atoms with Crippen molar-refractivity contribution in [1.82, 2.24) is 15.3 Å². The highest BCUT2D eigenvalue weighted by atomic mass is 32.2. The van der Waals surface area contributed by atoms with Crippen molar-refractivity contribution in [2.45, 2.75) is 25.0 Å². The van der Waals surface area contributed by atoms with Crippen LogP contribution in [0.4, 0.5) is 11.5 Å². The van der Waals surface area contributed by atoms with Crippen molar-refractivity contribution in [3.05, 3.63) is 41.1 Å². The maximum atomic E-state index is 4.63. The lowest BCUT2D eigenvalue weighted by Gasteiger charge is -2.20. The molecular weight excluding hydrogens is 268 g/mol. The van der Waals surface area contributed by atoms with Crippen molar-refractivity contribution < 1.29 is 0 Å². The number of anilines is 2. The van der Waals surface area contributed by atoms with Crippen LogP contribution in [0.2, 0.25) is 0 Å². The molecule has 0 saturated heterocycles. The molecule has 1 aromatic heterocycles. The molecule has 2 aromatic rings. The summed E-state index contributed by atoms with van der Waals surface area (Å²) in [5.41, 5.74) is 4.67. The van der Waals surface area contributed by atoms with Gasteiger partial charge in [0.15, 0.2) is 5.16 Å². The second-order valence-corrected chi connectivity index (χ2v) is 5.68. The minimum Gasteiger partial charge on any atom is -0.340 e. The molecule has 0 bridgehead atoms. The molecule has 20 heavy (non-hydrogen) atoms. The lowest BCUT2D eigenvalue weighted by atomic mass is 10.1. The lowest BCUT2D eigenvalue weighted by Crippen LogP contribution is -2.26. The third-order valence-corrected chi connectivity index (χ3v) is 3.92. The summed E-state index contributed by atoms with van der Waals surface area (Å²) in [6.45, 7) is 3.91. The first kappa shape index (κ1) is 13.4. The molecule has 0 aliphatic carbocycles. The number of benzene rings is 1. The molecule has 0 fully saturated rings. The van der Waals surface area contributed by atoms with E-state index >= 15 is 0 Å². The summed E-state index contributed by atoms with van der Waals surface area (Å²) in [6, 6.07) is 8.34. The Morgan fingerprint density at radius 2 is 2.20 bits per heavy atom. The van der Waals surface area contributed by atoms with Gasteiger partial charge in [-0.1, -0.05) is 23.9 Å². The maximum absolute atomic E-state index is 4.63. The fraction of sp³-hybridized carbons (Fsp3) is 0.333. The van der Waals surface area contributed by atoms with E-state index in [9.17, 15) is 0 Å². The van der Waals surface area contributed by atoms with Crippen LogP contribution in [-0.4, -0.2) is 22.8 Å². The number of rotatable bonds is 3. The van der Waals surface area contributed by atoms with Gasteiger partial charge in [0.25, 0.3) is 0 Å². The van der Waals surface area contributed by atoms with Crippen LogP contribution < -0.4 is 10.6 Å². The van der Waals surface area contributed by atoms with E-state index in [1.165, 1.54) is 16.8 Å². The first-order valence-electron chi connectivity index (χ1n) is 6.74. The van der Waals surface area contributed by atoms with Crippen LogP contribution in [0.3, 0.4) is 0 Å². The summed E-state index contributed by atoms with van der Waals surface area (Å²) >= 11 is 1.59. The number of aryl methyl sites for hydroxylation is 1. The van der Waals surface area contributed by atoms with E-state index in [1.807, 2.05) is 6.26 Å². The summed E-state index contributed by atoms with van der Waals surface area (Å²) in [5.74, 6) is 0.928. The highest BCUT2D eigenvalue weighted by Crippen LogP contribution is 2.26. The SMILES string of the molecule is CSc1nc2c(c(Nc3cccc(C)c3)n1)CNCC2. The highest BCUT2D eigenvalue weighted by Gasteiger charge is 2.17. The van der Waals surface area contributed by atoms with Crippen molar-refractivity contribution >= 4 is 23.3 Å². The summed E-state index contributed by atoms with van der Waals surface area (Å²) < 4.78 is 0. The molecule has 0 radical (unpaired) electrons. The number of nitrogens with one attached hydrogen (secondary N) is 2. The third-order valence-electron chi connectivity index (χ3n) is 3.38. The molecule has 1 aromatic carbocycles. The van der Waals surface area contributed by atoms with Gasteiger partial charge >= 0.3 is 0 Å². The number of aromatic nitrogens is 2. The Balaban J connectivity index is 1.99. The average molecular weight is 286 g/mol. The van der Waals surface area contributed by atoms with Gasteiger partial charge < -0.3 is 10.6 Å². The van der Waals surface area contributed by atoms with Crippen LogP contribution in [0.1, 0.15) is 16.8 Å². The lowest BCUT2D eigenvalue weighted by molar-refractivity contribution is 0.619. The van der Waals surface area contributed by atoms with E-state index in [-0.39, 0.29) is 0 Å². The predicted octanol–water partition coefficient (Wildman–Crippen LogP) is 2.90. The highest BCUT2D eigenvalue weighted by molar-refractivity contribution is 7.98. The zero-order valence-electron chi connectivity index (χ0n) is 11.7. The average Bonchev–Trinajstić information content (AvgIpc) is 2.47. The van der Waals surface area contributed by atoms with E-state index in [1.54, 1.807) is 11.8 Å². The third kappa shape index (κ3) is 2.78. The summed E-state index contributed by atoms with van der Waals surface area (Å²) in [5, 5.41) is 7.67. The number of hydrogen-bond donors (Lipinski definition) is 2. The van der Waals surface area contributed by atoms with Crippen molar-refractivity contribution in [2.24, 2.45) is 0 Å². The van der Waals surface area contributed by atoms with Gasteiger partial charge in [0.1, 0.15) is 5.82 Å². The van der Waals surface area contributed by atoms with Gasteiger partial charge in [-0.3, -0.25) is 0 Å². The number of thioether (sulfide) groups is 1. The van der Waals surface area contributed by atoms with Crippen LogP contribution >= 0.6 is 11.8 Å². The zero-order valence-corrected chi connectivity index (χ0v) is 12.5. The molecule has 4 nitrogen and oxygen atoms in total. The van der Waals surface area contributed by atoms with Crippen LogP contribution in [0, 0.1) is 6.92 Å². The fourth-order valence-electron chi connectivity index (χ4n) is 2.37. The molecule has 1 aliphatic heterocycles. The molecule has 5 heteroatoms. The summed E-state index contributed by atoms with van der Waals surface area (Å²) in [7, 11) is 0. The van der Waals surface area contributed by atoms with E-state index in [4.69, 9.17) is 0 Å². The van der Waals surface area contributed by atoms with Crippen molar-refractivity contribution in [1.29, 1.82) is 0 Å². The summed E-state index contributed by atoms with van der Waals surface area (Å²) in [6.07, 6.45) is 2.98. The fourth-order valence-corrected chi connectivity index (χ4v) is 2.76. The molecule has 0 amide bonds. The number of hydrogen-bond acceptors (Lipinski definition) is 5. The Morgan fingerprint density at radius 3 is 3.00 bits per heavy atom. The van der Waals surface area contributed by atoms with Crippen LogP contribution in [0.15, 0.2) is 29.4 Å². The molecule has 2 heterocycles. The van der Waals surface area contributed by atoms with Gasteiger partial charge in [0, 0.05) is 30.8 Å². The van der Waals surface area contributed by atoms with Crippen LogP contribution in [0.5, 0.6) is 0 Å². The largest absolute Gasteiger partial charge is 0.340 e. The van der Waals surface area contributed by atoms with Gasteiger partial charge in [-0.05, 0) is 30.9 Å². The van der Waals surface area contributed by atoms with Gasteiger partial charge in [-0.2, -0.15) is 0 Å². The minimum absolute atomic E-state index is 0.831. The Bertz CT molecular complexity index is 627. The van der Waals surface area contributed by atoms with E-state index in [0.717, 1.165) is 36.2 Å². The second-order valence-electron chi connectivity index (χ2n) is 4.91. The molecule has 1 aliphatic rings. The monoisotopic (exact) mass is 286 g/mol. The zero-order chi connectivity index (χ0) is 13.9. The Hall–Kier alpha value is -1.59. The Kier molecular flexibility index (Phi) is 3.89. The first-order valence-corrected chi connectivity index (χ1v) is 7.97. The van der Waals surface area contributed by atoms with Gasteiger partial charge in [-0.15, -0.1) is 0 Å². The van der Waals surface area contributed by atoms with E-state index in [2.05, 4.69) is 51.8 Å². The maximum Gasteiger partial charge on any atom is 0.189 e. The molecule has 3 rings (SSSR count). The molecule has 0 saturated carbocycles. The number of fused-ring (bicyclic) bond motifs is 1. The molecule has 2 N–H and O–H groups in total. The summed E-state index contributed by atoms with van der Waals surface area (Å²) in [4.78, 5) is 9.25. The smallest absolute Gasteiger partial charge is 0.189 e. The molecule has 104 valence electrons. The molecule has 0 spiro atoms. The van der Waals surface area contributed by atoms with Gasteiger partial charge in [-0.25, -0.2) is 9.97 Å². The van der Waals surface area contributed by atoms with E-state index < -0.39 is 0 Å². The second kappa shape index (κ2) is 5.81. The normalized spacial score (nSPS) is 13.9. The Morgan fingerprint density at radius 1 is 1.30 bits per heavy atom. The molecule has 0 unspecified atom stereocenters. The van der Waals surface area contributed by atoms with Crippen LogP contribution in [-0.2, 0) is 13.0 Å². The molecule has 0 atom stereocenters. The first-order chi connectivity index (χ1) is 9.76. The van der Waals surface area contributed by atoms with Crippen LogP contribution in [0.25, 0.3) is 0 Å². The predicted molar refractivity (Wildman–Crippen MR) is 83.7 cm³/mol. The van der Waals surface area contributed by atoms with Crippen molar-refractivity contribution in [2.75, 3.05) is 18.1 Å². The molecular formula is C15H18N4S. The quantitative estimate of drug-likeness (QED) is 0.671. The van der Waals surface area contributed by atoms with Gasteiger partial charge in [0.2, 0.25) is 0 Å². The van der Waals surface area contributed by atoms with Gasteiger partial charge in [0.05, 0.1) is 5.69 Å². The van der Waals surface area contributed by atoms with Crippen molar-refractivity contribution in [3.8, 4) is 0 Å². The minimum atomic E-state index is 0.831. The van der Waals surface area contributed by atoms with Crippen molar-refractivity contribution in [3.63, 3.8) is 0 Å². The Labute approximate surface area is 123 Å². The van der Waals surface area contributed by atoms with E-state index in [0.29, 0.717) is 0 Å². The topological polar surface area (TPSA) is 49.8 Å². The number of nitrogens with zero attached hydrogens (tertiary/aromatic N) is 2. The standard InChI is InChI=1S/C15H18N4S/c1-10-4-3-5-11(8-10)17-14-12-9-16-7-6-13(12)18-15(19-14)20-2/h3-5,8,16H,6-7,9H2,1-2H3,(H,17,18,19).